The number of likely N-dealkylation sites (N-methyl/N-ethyl adjacent to an activating group) is 1. The first kappa shape index (κ1) is 19.0. The number of aliphatic carboxylic acids is 1. The lowest BCUT2D eigenvalue weighted by molar-refractivity contribution is -0.148. The van der Waals surface area contributed by atoms with Crippen molar-refractivity contribution in [2.45, 2.75) is 45.3 Å². The number of carbonyl (C=O) groups excluding carboxylic acids is 1. The molecule has 142 valence electrons. The summed E-state index contributed by atoms with van der Waals surface area (Å²) in [6, 6.07) is 13.0. The number of hydrogen-bond donors (Lipinski definition) is 1. The van der Waals surface area contributed by atoms with Gasteiger partial charge in [-0.3, -0.25) is 4.79 Å². The minimum atomic E-state index is -1.29. The average molecular weight is 367 g/mol. The Morgan fingerprint density at radius 3 is 2.19 bits per heavy atom. The molecule has 0 aromatic heterocycles. The van der Waals surface area contributed by atoms with E-state index >= 15 is 0 Å². The fourth-order valence-electron chi connectivity index (χ4n) is 3.71. The second-order valence-corrected chi connectivity index (χ2v) is 7.44. The molecule has 5 nitrogen and oxygen atoms in total. The molecule has 0 bridgehead atoms. The topological polar surface area (TPSA) is 66.8 Å². The third-order valence-corrected chi connectivity index (χ3v) is 5.22. The number of ether oxygens (including phenoxy) is 1. The molecule has 1 N–H and O–H groups in total. The van der Waals surface area contributed by atoms with Crippen molar-refractivity contribution in [1.29, 1.82) is 0 Å². The van der Waals surface area contributed by atoms with Gasteiger partial charge < -0.3 is 14.7 Å². The number of carboxylic acids is 1. The van der Waals surface area contributed by atoms with Gasteiger partial charge in [-0.05, 0) is 43.5 Å². The van der Waals surface area contributed by atoms with E-state index in [1.165, 1.54) is 4.90 Å². The summed E-state index contributed by atoms with van der Waals surface area (Å²) in [5.41, 5.74) is 1.90. The zero-order valence-corrected chi connectivity index (χ0v) is 16.2. The van der Waals surface area contributed by atoms with Crippen molar-refractivity contribution in [1.82, 2.24) is 4.90 Å². The van der Waals surface area contributed by atoms with Crippen LogP contribution in [0.1, 0.15) is 40.9 Å². The minimum Gasteiger partial charge on any atom is -0.490 e. The Bertz CT molecular complexity index is 863. The van der Waals surface area contributed by atoms with Gasteiger partial charge >= 0.3 is 5.97 Å². The van der Waals surface area contributed by atoms with Gasteiger partial charge in [-0.2, -0.15) is 0 Å². The average Bonchev–Trinajstić information content (AvgIpc) is 3.03. The molecule has 1 aliphatic carbocycles. The van der Waals surface area contributed by atoms with Gasteiger partial charge in [-0.15, -0.1) is 0 Å². The summed E-state index contributed by atoms with van der Waals surface area (Å²) in [5.74, 6) is -0.821. The van der Waals surface area contributed by atoms with Crippen molar-refractivity contribution in [3.63, 3.8) is 0 Å². The van der Waals surface area contributed by atoms with Gasteiger partial charge in [0.15, 0.2) is 0 Å². The SMILES string of the molecule is Cc1cccc(C(=O)N(C)C2(C(=O)O)Cc3ccccc3C2)c1OC(C)C. The number of aryl methyl sites for hydroxylation is 1. The third kappa shape index (κ3) is 3.29. The maximum atomic E-state index is 13.3. The summed E-state index contributed by atoms with van der Waals surface area (Å²) >= 11 is 0. The number of para-hydroxylation sites is 1. The van der Waals surface area contributed by atoms with Gasteiger partial charge in [-0.25, -0.2) is 4.79 Å². The van der Waals surface area contributed by atoms with Gasteiger partial charge in [0.1, 0.15) is 11.3 Å². The molecular formula is C22H25NO4. The van der Waals surface area contributed by atoms with Gasteiger partial charge in [-0.1, -0.05) is 36.4 Å². The molecule has 3 rings (SSSR count). The van der Waals surface area contributed by atoms with Crippen LogP contribution in [-0.2, 0) is 17.6 Å². The van der Waals surface area contributed by atoms with Gasteiger partial charge in [0.2, 0.25) is 0 Å². The Hall–Kier alpha value is -2.82. The molecular weight excluding hydrogens is 342 g/mol. The molecule has 0 unspecified atom stereocenters. The number of hydrogen-bond acceptors (Lipinski definition) is 3. The van der Waals surface area contributed by atoms with E-state index in [4.69, 9.17) is 4.74 Å². The maximum Gasteiger partial charge on any atom is 0.330 e. The second-order valence-electron chi connectivity index (χ2n) is 7.44. The van der Waals surface area contributed by atoms with Crippen molar-refractivity contribution in [3.8, 4) is 5.75 Å². The number of nitrogens with zero attached hydrogens (tertiary/aromatic N) is 1. The van der Waals surface area contributed by atoms with Crippen molar-refractivity contribution >= 4 is 11.9 Å². The van der Waals surface area contributed by atoms with Crippen LogP contribution in [0, 0.1) is 6.92 Å². The lowest BCUT2D eigenvalue weighted by Crippen LogP contribution is -2.56. The maximum absolute atomic E-state index is 13.3. The van der Waals surface area contributed by atoms with Gasteiger partial charge in [0.05, 0.1) is 11.7 Å². The molecule has 0 spiro atoms. The van der Waals surface area contributed by atoms with Crippen molar-refractivity contribution in [2.75, 3.05) is 7.05 Å². The molecule has 27 heavy (non-hydrogen) atoms. The first-order chi connectivity index (χ1) is 12.8. The molecule has 1 amide bonds. The number of fused-ring (bicyclic) bond motifs is 1. The van der Waals surface area contributed by atoms with E-state index in [-0.39, 0.29) is 12.0 Å². The zero-order valence-electron chi connectivity index (χ0n) is 16.2. The van der Waals surface area contributed by atoms with Crippen LogP contribution in [0.25, 0.3) is 0 Å². The smallest absolute Gasteiger partial charge is 0.330 e. The van der Waals surface area contributed by atoms with E-state index < -0.39 is 11.5 Å². The fourth-order valence-corrected chi connectivity index (χ4v) is 3.71. The quantitative estimate of drug-likeness (QED) is 0.879. The van der Waals surface area contributed by atoms with Gasteiger partial charge in [0, 0.05) is 19.9 Å². The Balaban J connectivity index is 2.00. The van der Waals surface area contributed by atoms with Crippen molar-refractivity contribution < 1.29 is 19.4 Å². The van der Waals surface area contributed by atoms with Crippen LogP contribution in [0.5, 0.6) is 5.75 Å². The highest BCUT2D eigenvalue weighted by molar-refractivity contribution is 6.00. The molecule has 0 radical (unpaired) electrons. The molecule has 0 atom stereocenters. The van der Waals surface area contributed by atoms with Crippen LogP contribution >= 0.6 is 0 Å². The summed E-state index contributed by atoms with van der Waals surface area (Å²) in [6.45, 7) is 5.68. The van der Waals surface area contributed by atoms with Crippen LogP contribution in [-0.4, -0.2) is 40.6 Å². The summed E-state index contributed by atoms with van der Waals surface area (Å²) in [5, 5.41) is 10.0. The van der Waals surface area contributed by atoms with Crippen LogP contribution in [0.4, 0.5) is 0 Å². The van der Waals surface area contributed by atoms with Crippen LogP contribution in [0.15, 0.2) is 42.5 Å². The molecule has 5 heteroatoms. The molecule has 2 aromatic rings. The third-order valence-electron chi connectivity index (χ3n) is 5.22. The van der Waals surface area contributed by atoms with E-state index in [0.29, 0.717) is 24.2 Å². The second kappa shape index (κ2) is 7.06. The molecule has 0 saturated heterocycles. The summed E-state index contributed by atoms with van der Waals surface area (Å²) in [6.07, 6.45) is 0.506. The zero-order chi connectivity index (χ0) is 19.8. The molecule has 0 heterocycles. The lowest BCUT2D eigenvalue weighted by atomic mass is 9.92. The molecule has 0 aliphatic heterocycles. The molecule has 1 aliphatic rings. The van der Waals surface area contributed by atoms with E-state index in [2.05, 4.69) is 0 Å². The summed E-state index contributed by atoms with van der Waals surface area (Å²) in [4.78, 5) is 27.0. The highest BCUT2D eigenvalue weighted by Gasteiger charge is 2.49. The van der Waals surface area contributed by atoms with Crippen LogP contribution in [0.2, 0.25) is 0 Å². The number of rotatable bonds is 5. The largest absolute Gasteiger partial charge is 0.490 e. The Morgan fingerprint density at radius 1 is 1.07 bits per heavy atom. The van der Waals surface area contributed by atoms with Crippen LogP contribution in [0.3, 0.4) is 0 Å². The van der Waals surface area contributed by atoms with E-state index in [1.54, 1.807) is 19.2 Å². The van der Waals surface area contributed by atoms with Crippen molar-refractivity contribution in [2.24, 2.45) is 0 Å². The Kier molecular flexibility index (Phi) is 4.96. The highest BCUT2D eigenvalue weighted by atomic mass is 16.5. The minimum absolute atomic E-state index is 0.0906. The molecule has 2 aromatic carbocycles. The fraction of sp³-hybridized carbons (Fsp3) is 0.364. The lowest BCUT2D eigenvalue weighted by Gasteiger charge is -2.35. The first-order valence-electron chi connectivity index (χ1n) is 9.11. The normalized spacial score (nSPS) is 14.7. The predicted octanol–water partition coefficient (Wildman–Crippen LogP) is 3.48. The molecule has 0 fully saturated rings. The van der Waals surface area contributed by atoms with Gasteiger partial charge in [0.25, 0.3) is 5.91 Å². The number of carboxylic acid groups (broad SMARTS) is 1. The summed E-state index contributed by atoms with van der Waals surface area (Å²) in [7, 11) is 1.57. The van der Waals surface area contributed by atoms with E-state index in [0.717, 1.165) is 16.7 Å². The standard InChI is InChI=1S/C22H25NO4/c1-14(2)27-19-15(3)8-7-11-18(19)20(24)23(4)22(21(25)26)12-16-9-5-6-10-17(16)13-22/h5-11,14H,12-13H2,1-4H3,(H,25,26). The van der Waals surface area contributed by atoms with Crippen molar-refractivity contribution in [3.05, 3.63) is 64.7 Å². The monoisotopic (exact) mass is 367 g/mol. The Morgan fingerprint density at radius 2 is 1.67 bits per heavy atom. The number of carbonyl (C=O) groups is 2. The predicted molar refractivity (Wildman–Crippen MR) is 103 cm³/mol. The van der Waals surface area contributed by atoms with E-state index in [1.807, 2.05) is 51.1 Å². The molecule has 0 saturated carbocycles. The highest BCUT2D eigenvalue weighted by Crippen LogP contribution is 2.36. The Labute approximate surface area is 159 Å². The number of benzene rings is 2. The summed E-state index contributed by atoms with van der Waals surface area (Å²) < 4.78 is 5.87. The first-order valence-corrected chi connectivity index (χ1v) is 9.11. The van der Waals surface area contributed by atoms with Crippen LogP contribution < -0.4 is 4.74 Å². The number of amides is 1. The van der Waals surface area contributed by atoms with E-state index in [9.17, 15) is 14.7 Å².